The van der Waals surface area contributed by atoms with E-state index in [-0.39, 0.29) is 23.7 Å². The first-order valence-corrected chi connectivity index (χ1v) is 11.4. The molecular weight excluding hydrogens is 368 g/mol. The van der Waals surface area contributed by atoms with Crippen LogP contribution < -0.4 is 10.6 Å². The monoisotopic (exact) mass is 410 g/mol. The number of carbonyl (C=O) groups is 3. The number of hydrogen-bond acceptors (Lipinski definition) is 4. The van der Waals surface area contributed by atoms with E-state index in [1.54, 1.807) is 0 Å². The summed E-state index contributed by atoms with van der Waals surface area (Å²) in [4.78, 5) is 35.9. The van der Waals surface area contributed by atoms with Gasteiger partial charge in [-0.3, -0.25) is 14.4 Å². The van der Waals surface area contributed by atoms with Gasteiger partial charge in [0.15, 0.2) is 0 Å². The van der Waals surface area contributed by atoms with Crippen molar-refractivity contribution in [2.24, 2.45) is 23.7 Å². The number of amides is 2. The molecule has 0 radical (unpaired) electrons. The van der Waals surface area contributed by atoms with Crippen molar-refractivity contribution < 1.29 is 19.1 Å². The van der Waals surface area contributed by atoms with Crippen molar-refractivity contribution >= 4 is 17.6 Å². The van der Waals surface area contributed by atoms with Gasteiger partial charge >= 0.3 is 0 Å². The zero-order chi connectivity index (χ0) is 21.6. The molecule has 6 heteroatoms. The van der Waals surface area contributed by atoms with Gasteiger partial charge in [0.1, 0.15) is 5.78 Å². The Bertz CT molecular complexity index is 497. The van der Waals surface area contributed by atoms with Crippen molar-refractivity contribution in [2.45, 2.75) is 79.1 Å². The highest BCUT2D eigenvalue weighted by Crippen LogP contribution is 2.30. The van der Waals surface area contributed by atoms with E-state index in [0.717, 1.165) is 38.7 Å². The predicted octanol–water partition coefficient (Wildman–Crippen LogP) is 3.48. The molecule has 1 aliphatic rings. The molecule has 0 atom stereocenters. The summed E-state index contributed by atoms with van der Waals surface area (Å²) in [5.41, 5.74) is 0. The van der Waals surface area contributed by atoms with E-state index < -0.39 is 0 Å². The Morgan fingerprint density at radius 2 is 1.52 bits per heavy atom. The van der Waals surface area contributed by atoms with Gasteiger partial charge in [0.25, 0.3) is 0 Å². The first-order chi connectivity index (χ1) is 13.8. The average Bonchev–Trinajstić information content (AvgIpc) is 2.68. The van der Waals surface area contributed by atoms with Gasteiger partial charge in [-0.2, -0.15) is 0 Å². The van der Waals surface area contributed by atoms with Crippen LogP contribution >= 0.6 is 0 Å². The second-order valence-corrected chi connectivity index (χ2v) is 9.10. The standard InChI is InChI=1S/C23H42N2O4/c1-17(2)16-29-14-6-13-24-21(26)7-5-8-22(27)25-15-19-9-11-20(12-10-19)23(28)18(3)4/h17-20H,5-16H2,1-4H3,(H,24,26)(H,25,27)/t19-,20-. The Kier molecular flexibility index (Phi) is 12.8. The second-order valence-electron chi connectivity index (χ2n) is 9.10. The summed E-state index contributed by atoms with van der Waals surface area (Å²) in [5, 5.41) is 5.87. The van der Waals surface area contributed by atoms with Gasteiger partial charge in [0, 0.05) is 51.0 Å². The van der Waals surface area contributed by atoms with E-state index in [1.165, 1.54) is 0 Å². The molecule has 6 nitrogen and oxygen atoms in total. The molecule has 1 rings (SSSR count). The van der Waals surface area contributed by atoms with Gasteiger partial charge in [0.05, 0.1) is 0 Å². The first-order valence-electron chi connectivity index (χ1n) is 11.4. The van der Waals surface area contributed by atoms with Gasteiger partial charge in [-0.25, -0.2) is 0 Å². The largest absolute Gasteiger partial charge is 0.381 e. The van der Waals surface area contributed by atoms with E-state index in [0.29, 0.717) is 56.6 Å². The number of nitrogens with one attached hydrogen (secondary N) is 2. The summed E-state index contributed by atoms with van der Waals surface area (Å²) >= 11 is 0. The number of rotatable bonds is 14. The summed E-state index contributed by atoms with van der Waals surface area (Å²) in [7, 11) is 0. The lowest BCUT2D eigenvalue weighted by atomic mass is 9.78. The lowest BCUT2D eigenvalue weighted by molar-refractivity contribution is -0.127. The highest BCUT2D eigenvalue weighted by molar-refractivity contribution is 5.82. The summed E-state index contributed by atoms with van der Waals surface area (Å²) in [5.74, 6) is 1.72. The Labute approximate surface area is 176 Å². The fraction of sp³-hybridized carbons (Fsp3) is 0.870. The Morgan fingerprint density at radius 3 is 2.10 bits per heavy atom. The number of ether oxygens (including phenoxy) is 1. The molecule has 0 bridgehead atoms. The maximum Gasteiger partial charge on any atom is 0.220 e. The van der Waals surface area contributed by atoms with Gasteiger partial charge in [-0.1, -0.05) is 27.7 Å². The van der Waals surface area contributed by atoms with Crippen LogP contribution in [0.15, 0.2) is 0 Å². The van der Waals surface area contributed by atoms with Crippen molar-refractivity contribution in [1.82, 2.24) is 10.6 Å². The molecule has 0 saturated heterocycles. The lowest BCUT2D eigenvalue weighted by Crippen LogP contribution is -2.33. The normalized spacial score (nSPS) is 19.4. The van der Waals surface area contributed by atoms with Crippen LogP contribution in [0.2, 0.25) is 0 Å². The molecule has 1 saturated carbocycles. The van der Waals surface area contributed by atoms with E-state index in [1.807, 2.05) is 13.8 Å². The fourth-order valence-corrected chi connectivity index (χ4v) is 3.69. The third kappa shape index (κ3) is 12.0. The Morgan fingerprint density at radius 1 is 0.897 bits per heavy atom. The Balaban J connectivity index is 2.01. The molecule has 0 aromatic carbocycles. The van der Waals surface area contributed by atoms with Crippen LogP contribution in [0.4, 0.5) is 0 Å². The predicted molar refractivity (Wildman–Crippen MR) is 115 cm³/mol. The van der Waals surface area contributed by atoms with Crippen molar-refractivity contribution in [3.8, 4) is 0 Å². The minimum absolute atomic E-state index is 0.00481. The fourth-order valence-electron chi connectivity index (χ4n) is 3.69. The third-order valence-electron chi connectivity index (χ3n) is 5.45. The zero-order valence-corrected chi connectivity index (χ0v) is 18.9. The quantitative estimate of drug-likeness (QED) is 0.429. The number of carbonyl (C=O) groups excluding carboxylic acids is 3. The molecule has 0 heterocycles. The molecular formula is C23H42N2O4. The van der Waals surface area contributed by atoms with Crippen LogP contribution in [0, 0.1) is 23.7 Å². The molecule has 29 heavy (non-hydrogen) atoms. The molecule has 2 amide bonds. The molecule has 0 spiro atoms. The summed E-state index contributed by atoms with van der Waals surface area (Å²) in [6.07, 6.45) is 6.04. The molecule has 0 unspecified atom stereocenters. The summed E-state index contributed by atoms with van der Waals surface area (Å²) in [6.45, 7) is 10.9. The highest BCUT2D eigenvalue weighted by atomic mass is 16.5. The smallest absolute Gasteiger partial charge is 0.220 e. The van der Waals surface area contributed by atoms with Crippen molar-refractivity contribution in [1.29, 1.82) is 0 Å². The Hall–Kier alpha value is -1.43. The van der Waals surface area contributed by atoms with Gasteiger partial charge in [-0.05, 0) is 50.4 Å². The second kappa shape index (κ2) is 14.5. The van der Waals surface area contributed by atoms with Crippen molar-refractivity contribution in [3.05, 3.63) is 0 Å². The molecule has 1 aliphatic carbocycles. The van der Waals surface area contributed by atoms with Crippen LogP contribution in [-0.4, -0.2) is 43.9 Å². The van der Waals surface area contributed by atoms with Gasteiger partial charge < -0.3 is 15.4 Å². The number of Topliss-reactive ketones (excluding diaryl/α,β-unsaturated/α-hetero) is 1. The summed E-state index contributed by atoms with van der Waals surface area (Å²) in [6, 6.07) is 0. The van der Waals surface area contributed by atoms with E-state index in [4.69, 9.17) is 4.74 Å². The number of hydrogen-bond donors (Lipinski definition) is 2. The molecule has 0 aromatic heterocycles. The molecule has 0 aliphatic heterocycles. The summed E-state index contributed by atoms with van der Waals surface area (Å²) < 4.78 is 5.47. The van der Waals surface area contributed by atoms with E-state index in [2.05, 4.69) is 24.5 Å². The van der Waals surface area contributed by atoms with Crippen LogP contribution in [0.1, 0.15) is 79.1 Å². The van der Waals surface area contributed by atoms with E-state index in [9.17, 15) is 14.4 Å². The first kappa shape index (κ1) is 25.6. The highest BCUT2D eigenvalue weighted by Gasteiger charge is 2.27. The zero-order valence-electron chi connectivity index (χ0n) is 18.9. The molecule has 0 aromatic rings. The van der Waals surface area contributed by atoms with Gasteiger partial charge in [-0.15, -0.1) is 0 Å². The van der Waals surface area contributed by atoms with Crippen LogP contribution in [0.25, 0.3) is 0 Å². The maximum absolute atomic E-state index is 12.1. The SMILES string of the molecule is CC(C)COCCCNC(=O)CCCC(=O)NC[C@H]1CC[C@H](C(=O)C(C)C)CC1. The van der Waals surface area contributed by atoms with Crippen LogP contribution in [-0.2, 0) is 19.1 Å². The average molecular weight is 411 g/mol. The lowest BCUT2D eigenvalue weighted by Gasteiger charge is -2.28. The maximum atomic E-state index is 12.1. The van der Waals surface area contributed by atoms with Crippen molar-refractivity contribution in [3.63, 3.8) is 0 Å². The van der Waals surface area contributed by atoms with Crippen LogP contribution in [0.5, 0.6) is 0 Å². The van der Waals surface area contributed by atoms with Gasteiger partial charge in [0.2, 0.25) is 11.8 Å². The molecule has 2 N–H and O–H groups in total. The molecule has 1 fully saturated rings. The molecule has 168 valence electrons. The minimum atomic E-state index is -0.00481. The minimum Gasteiger partial charge on any atom is -0.381 e. The van der Waals surface area contributed by atoms with E-state index >= 15 is 0 Å². The van der Waals surface area contributed by atoms with Crippen molar-refractivity contribution in [2.75, 3.05) is 26.3 Å². The third-order valence-corrected chi connectivity index (χ3v) is 5.45. The van der Waals surface area contributed by atoms with Crippen LogP contribution in [0.3, 0.4) is 0 Å². The topological polar surface area (TPSA) is 84.5 Å². The number of ketones is 1.